The van der Waals surface area contributed by atoms with E-state index in [4.69, 9.17) is 4.74 Å². The molecule has 0 aliphatic carbocycles. The Kier molecular flexibility index (Phi) is 2.46. The quantitative estimate of drug-likeness (QED) is 0.585. The van der Waals surface area contributed by atoms with E-state index < -0.39 is 0 Å². The Morgan fingerprint density at radius 2 is 1.38 bits per heavy atom. The van der Waals surface area contributed by atoms with Crippen molar-refractivity contribution in [2.45, 2.75) is 33.0 Å². The molecule has 4 atom stereocenters. The molecular formula is C17H17NO3. The molecular weight excluding hydrogens is 266 g/mol. The zero-order valence-electron chi connectivity index (χ0n) is 12.3. The van der Waals surface area contributed by atoms with Crippen LogP contribution in [0.3, 0.4) is 0 Å². The van der Waals surface area contributed by atoms with Gasteiger partial charge < -0.3 is 4.74 Å². The largest absolute Gasteiger partial charge is 0.365 e. The lowest BCUT2D eigenvalue weighted by Gasteiger charge is -2.22. The summed E-state index contributed by atoms with van der Waals surface area (Å²) in [6.07, 6.45) is 3.37. The Hall–Kier alpha value is -1.94. The third-order valence-electron chi connectivity index (χ3n) is 4.77. The normalized spacial score (nSPS) is 33.2. The maximum atomic E-state index is 12.8. The number of carbonyl (C=O) groups is 2. The summed E-state index contributed by atoms with van der Waals surface area (Å²) in [5.74, 6) is -0.908. The van der Waals surface area contributed by atoms with Gasteiger partial charge in [-0.05, 0) is 31.9 Å². The number of benzene rings is 1. The van der Waals surface area contributed by atoms with Crippen LogP contribution in [-0.4, -0.2) is 24.0 Å². The average molecular weight is 283 g/mol. The highest BCUT2D eigenvalue weighted by atomic mass is 16.5. The second-order valence-electron chi connectivity index (χ2n) is 6.26. The van der Waals surface area contributed by atoms with Crippen molar-refractivity contribution in [3.05, 3.63) is 41.0 Å². The van der Waals surface area contributed by atoms with Crippen LogP contribution in [0.4, 0.5) is 5.69 Å². The Morgan fingerprint density at radius 1 is 0.905 bits per heavy atom. The SMILES string of the molecule is Cc1cc(C)c(N2C(=O)[C@@H]3[C@H](C2=O)[C@@H]2C=C[C@H]3O2)c(C)c1. The molecule has 4 rings (SSSR count). The predicted octanol–water partition coefficient (Wildman–Crippen LogP) is 2.05. The van der Waals surface area contributed by atoms with Crippen LogP contribution in [0.2, 0.25) is 0 Å². The molecule has 1 aromatic rings. The fourth-order valence-electron chi connectivity index (χ4n) is 4.05. The number of ether oxygens (including phenoxy) is 1. The van der Waals surface area contributed by atoms with E-state index in [1.165, 1.54) is 4.90 Å². The summed E-state index contributed by atoms with van der Waals surface area (Å²) in [6.45, 7) is 5.92. The summed E-state index contributed by atoms with van der Waals surface area (Å²) in [7, 11) is 0. The summed E-state index contributed by atoms with van der Waals surface area (Å²) in [6, 6.07) is 4.03. The van der Waals surface area contributed by atoms with Crippen molar-refractivity contribution in [1.29, 1.82) is 0 Å². The number of hydrogen-bond donors (Lipinski definition) is 0. The predicted molar refractivity (Wildman–Crippen MR) is 77.9 cm³/mol. The van der Waals surface area contributed by atoms with Crippen LogP contribution >= 0.6 is 0 Å². The zero-order chi connectivity index (χ0) is 14.9. The molecule has 0 radical (unpaired) electrons. The lowest BCUT2D eigenvalue weighted by molar-refractivity contribution is -0.124. The highest BCUT2D eigenvalue weighted by molar-refractivity contribution is 6.23. The number of nitrogens with zero attached hydrogens (tertiary/aromatic N) is 1. The molecule has 0 spiro atoms. The molecule has 3 heterocycles. The van der Waals surface area contributed by atoms with Gasteiger partial charge in [0.15, 0.2) is 0 Å². The molecule has 0 N–H and O–H groups in total. The fourth-order valence-corrected chi connectivity index (χ4v) is 4.05. The third kappa shape index (κ3) is 1.54. The van der Waals surface area contributed by atoms with Crippen LogP contribution in [0.1, 0.15) is 16.7 Å². The number of imide groups is 1. The van der Waals surface area contributed by atoms with E-state index in [0.29, 0.717) is 0 Å². The minimum Gasteiger partial charge on any atom is -0.365 e. The van der Waals surface area contributed by atoms with E-state index in [-0.39, 0.29) is 35.9 Å². The van der Waals surface area contributed by atoms with Gasteiger partial charge in [0, 0.05) is 0 Å². The molecule has 0 unspecified atom stereocenters. The molecule has 108 valence electrons. The number of rotatable bonds is 1. The standard InChI is InChI=1S/C17H17NO3/c1-8-6-9(2)15(10(3)7-8)18-16(19)13-11-4-5-12(21-11)14(13)17(18)20/h4-7,11-14H,1-3H3/t11-,12+,13+,14-. The Bertz CT molecular complexity index is 653. The van der Waals surface area contributed by atoms with E-state index >= 15 is 0 Å². The molecule has 0 saturated carbocycles. The summed E-state index contributed by atoms with van der Waals surface area (Å²) >= 11 is 0. The summed E-state index contributed by atoms with van der Waals surface area (Å²) < 4.78 is 5.66. The molecule has 21 heavy (non-hydrogen) atoms. The van der Waals surface area contributed by atoms with Crippen molar-refractivity contribution in [3.63, 3.8) is 0 Å². The Labute approximate surface area is 123 Å². The van der Waals surface area contributed by atoms with Crippen LogP contribution in [0.15, 0.2) is 24.3 Å². The third-order valence-corrected chi connectivity index (χ3v) is 4.77. The second-order valence-corrected chi connectivity index (χ2v) is 6.26. The van der Waals surface area contributed by atoms with Crippen molar-refractivity contribution < 1.29 is 14.3 Å². The van der Waals surface area contributed by atoms with E-state index in [2.05, 4.69) is 0 Å². The summed E-state index contributed by atoms with van der Waals surface area (Å²) in [5, 5.41) is 0. The van der Waals surface area contributed by atoms with E-state index in [9.17, 15) is 9.59 Å². The summed E-state index contributed by atoms with van der Waals surface area (Å²) in [4.78, 5) is 26.9. The van der Waals surface area contributed by atoms with Crippen LogP contribution in [0.25, 0.3) is 0 Å². The minimum atomic E-state index is -0.340. The fraction of sp³-hybridized carbons (Fsp3) is 0.412. The maximum absolute atomic E-state index is 12.8. The van der Waals surface area contributed by atoms with Gasteiger partial charge in [0.1, 0.15) is 0 Å². The summed E-state index contributed by atoms with van der Waals surface area (Å²) in [5.41, 5.74) is 3.83. The zero-order valence-corrected chi connectivity index (χ0v) is 12.3. The first kappa shape index (κ1) is 12.8. The van der Waals surface area contributed by atoms with Crippen molar-refractivity contribution in [2.75, 3.05) is 4.90 Å². The molecule has 1 aromatic carbocycles. The number of hydrogen-bond acceptors (Lipinski definition) is 3. The van der Waals surface area contributed by atoms with E-state index in [0.717, 1.165) is 22.4 Å². The van der Waals surface area contributed by atoms with Gasteiger partial charge in [-0.2, -0.15) is 0 Å². The molecule has 4 nitrogen and oxygen atoms in total. The van der Waals surface area contributed by atoms with Crippen molar-refractivity contribution >= 4 is 17.5 Å². The first-order chi connectivity index (χ1) is 9.99. The van der Waals surface area contributed by atoms with E-state index in [1.807, 2.05) is 45.1 Å². The lowest BCUT2D eigenvalue weighted by atomic mass is 9.85. The van der Waals surface area contributed by atoms with Gasteiger partial charge in [-0.25, -0.2) is 4.90 Å². The smallest absolute Gasteiger partial charge is 0.240 e. The first-order valence-electron chi connectivity index (χ1n) is 7.28. The molecule has 2 fully saturated rings. The van der Waals surface area contributed by atoms with Crippen molar-refractivity contribution in [1.82, 2.24) is 0 Å². The molecule has 3 aliphatic heterocycles. The van der Waals surface area contributed by atoms with Crippen molar-refractivity contribution in [3.8, 4) is 0 Å². The van der Waals surface area contributed by atoms with Crippen LogP contribution < -0.4 is 4.90 Å². The van der Waals surface area contributed by atoms with Gasteiger partial charge in [0.2, 0.25) is 11.8 Å². The number of aryl methyl sites for hydroxylation is 3. The monoisotopic (exact) mass is 283 g/mol. The van der Waals surface area contributed by atoms with Gasteiger partial charge in [0.05, 0.1) is 29.7 Å². The molecule has 2 bridgehead atoms. The molecule has 2 saturated heterocycles. The van der Waals surface area contributed by atoms with Crippen LogP contribution in [-0.2, 0) is 14.3 Å². The average Bonchev–Trinajstić information content (AvgIpc) is 3.06. The van der Waals surface area contributed by atoms with E-state index in [1.54, 1.807) is 0 Å². The number of fused-ring (bicyclic) bond motifs is 5. The Morgan fingerprint density at radius 3 is 1.86 bits per heavy atom. The molecule has 2 amide bonds. The van der Waals surface area contributed by atoms with Gasteiger partial charge in [0.25, 0.3) is 0 Å². The highest BCUT2D eigenvalue weighted by Crippen LogP contribution is 2.47. The highest BCUT2D eigenvalue weighted by Gasteiger charge is 2.61. The number of carbonyl (C=O) groups excluding carboxylic acids is 2. The lowest BCUT2D eigenvalue weighted by Crippen LogP contribution is -2.35. The molecule has 3 aliphatic rings. The molecule has 0 aromatic heterocycles. The maximum Gasteiger partial charge on any atom is 0.240 e. The topological polar surface area (TPSA) is 46.6 Å². The van der Waals surface area contributed by atoms with Crippen LogP contribution in [0.5, 0.6) is 0 Å². The van der Waals surface area contributed by atoms with Gasteiger partial charge in [-0.15, -0.1) is 0 Å². The van der Waals surface area contributed by atoms with Gasteiger partial charge in [-0.1, -0.05) is 29.8 Å². The van der Waals surface area contributed by atoms with Crippen LogP contribution in [0, 0.1) is 32.6 Å². The minimum absolute atomic E-state index is 0.114. The number of amides is 2. The number of anilines is 1. The first-order valence-corrected chi connectivity index (χ1v) is 7.28. The molecule has 4 heteroatoms. The Balaban J connectivity index is 1.82. The van der Waals surface area contributed by atoms with Crippen molar-refractivity contribution in [2.24, 2.45) is 11.8 Å². The van der Waals surface area contributed by atoms with Gasteiger partial charge >= 0.3 is 0 Å². The van der Waals surface area contributed by atoms with Gasteiger partial charge in [-0.3, -0.25) is 9.59 Å². The second kappa shape index (κ2) is 4.04.